The van der Waals surface area contributed by atoms with Gasteiger partial charge >= 0.3 is 13.8 Å². The van der Waals surface area contributed by atoms with Crippen LogP contribution in [0.15, 0.2) is 54.6 Å². The van der Waals surface area contributed by atoms with Crippen LogP contribution in [0.1, 0.15) is 37.8 Å². The molecule has 0 saturated heterocycles. The summed E-state index contributed by atoms with van der Waals surface area (Å²) in [5.41, 5.74) is 1.52. The van der Waals surface area contributed by atoms with Gasteiger partial charge in [0.05, 0.1) is 0 Å². The lowest BCUT2D eigenvalue weighted by Gasteiger charge is -2.24. The van der Waals surface area contributed by atoms with Crippen molar-refractivity contribution in [1.82, 2.24) is 16.0 Å². The van der Waals surface area contributed by atoms with Crippen LogP contribution in [-0.2, 0) is 36.6 Å². The van der Waals surface area contributed by atoms with E-state index in [0.717, 1.165) is 5.56 Å². The van der Waals surface area contributed by atoms with Crippen molar-refractivity contribution in [3.63, 3.8) is 0 Å². The number of carbonyl (C=O) groups excluding carboxylic acids is 3. The molecule has 0 bridgehead atoms. The van der Waals surface area contributed by atoms with Gasteiger partial charge in [-0.3, -0.25) is 29.0 Å². The van der Waals surface area contributed by atoms with Crippen molar-refractivity contribution in [3.05, 3.63) is 65.7 Å². The van der Waals surface area contributed by atoms with Crippen molar-refractivity contribution in [1.29, 1.82) is 0 Å². The Bertz CT molecular complexity index is 1150. The molecule has 0 aliphatic carbocycles. The van der Waals surface area contributed by atoms with Gasteiger partial charge < -0.3 is 25.6 Å². The molecule has 0 heterocycles. The summed E-state index contributed by atoms with van der Waals surface area (Å²) in [5, 5.41) is 17.0. The van der Waals surface area contributed by atoms with E-state index in [0.29, 0.717) is 12.0 Å². The lowest BCUT2D eigenvalue weighted by Crippen LogP contribution is -2.55. The van der Waals surface area contributed by atoms with Gasteiger partial charge in [0.25, 0.3) is 0 Å². The molecule has 3 amide bonds. The number of hydrogen-bond acceptors (Lipinski definition) is 6. The highest BCUT2D eigenvalue weighted by atomic mass is 31.2. The van der Waals surface area contributed by atoms with Crippen LogP contribution in [0.2, 0.25) is 0 Å². The number of carboxylic acid groups (broad SMARTS) is 1. The molecule has 0 aliphatic heterocycles. The highest BCUT2D eigenvalue weighted by Gasteiger charge is 2.28. The molecule has 2 aromatic rings. The monoisotopic (exact) mass is 549 g/mol. The van der Waals surface area contributed by atoms with Gasteiger partial charge in [0.2, 0.25) is 17.7 Å². The first kappa shape index (κ1) is 30.5. The molecule has 0 radical (unpaired) electrons. The van der Waals surface area contributed by atoms with E-state index < -0.39 is 43.6 Å². The molecule has 12 nitrogen and oxygen atoms in total. The van der Waals surface area contributed by atoms with E-state index in [1.165, 1.54) is 31.2 Å². The predicted octanol–water partition coefficient (Wildman–Crippen LogP) is 1.30. The fraction of sp³-hybridized carbons (Fsp3) is 0.360. The van der Waals surface area contributed by atoms with Crippen molar-refractivity contribution in [2.75, 3.05) is 0 Å². The van der Waals surface area contributed by atoms with Crippen molar-refractivity contribution in [2.24, 2.45) is 0 Å². The lowest BCUT2D eigenvalue weighted by molar-refractivity contribution is -0.138. The fourth-order valence-corrected chi connectivity index (χ4v) is 4.08. The molecule has 0 spiro atoms. The van der Waals surface area contributed by atoms with E-state index in [4.69, 9.17) is 14.9 Å². The van der Waals surface area contributed by atoms with E-state index in [9.17, 15) is 23.7 Å². The smallest absolute Gasteiger partial charge is 0.481 e. The number of nitrogens with one attached hydrogen (secondary N) is 3. The second kappa shape index (κ2) is 14.3. The number of carbonyl (C=O) groups is 4. The molecule has 0 aromatic heterocycles. The van der Waals surface area contributed by atoms with Crippen LogP contribution in [0.25, 0.3) is 0 Å². The zero-order valence-electron chi connectivity index (χ0n) is 21.0. The average Bonchev–Trinajstić information content (AvgIpc) is 2.81. The summed E-state index contributed by atoms with van der Waals surface area (Å²) in [6, 6.07) is 12.4. The van der Waals surface area contributed by atoms with Gasteiger partial charge in [0, 0.05) is 25.8 Å². The van der Waals surface area contributed by atoms with E-state index in [1.807, 2.05) is 30.3 Å². The number of carboxylic acids is 1. The highest BCUT2D eigenvalue weighted by Crippen LogP contribution is 2.37. The molecule has 0 fully saturated rings. The maximum atomic E-state index is 13.1. The van der Waals surface area contributed by atoms with E-state index in [1.54, 1.807) is 6.92 Å². The van der Waals surface area contributed by atoms with Gasteiger partial charge in [0.1, 0.15) is 17.8 Å². The third kappa shape index (κ3) is 11.5. The maximum absolute atomic E-state index is 13.1. The lowest BCUT2D eigenvalue weighted by atomic mass is 10.0. The molecule has 3 atom stereocenters. The number of aliphatic carboxylic acids is 1. The zero-order valence-corrected chi connectivity index (χ0v) is 21.9. The Kier molecular flexibility index (Phi) is 11.5. The Morgan fingerprint density at radius 2 is 1.42 bits per heavy atom. The number of phosphoric acid groups is 1. The van der Waals surface area contributed by atoms with Crippen LogP contribution in [-0.4, -0.2) is 56.7 Å². The highest BCUT2D eigenvalue weighted by molar-refractivity contribution is 7.46. The number of hydrogen-bond donors (Lipinski definition) is 6. The topological polar surface area (TPSA) is 191 Å². The standard InChI is InChI=1S/C25H32N3O9P/c1-16(14-18-6-4-3-5-7-18)26-24(32)21(12-13-23(30)31)28-25(33)22(27-17(2)29)15-19-8-10-20(11-9-19)37-38(34,35)36/h3-11,16,21-22H,12-15H2,1-2H3,(H,26,32)(H,27,29)(H,28,33)(H,30,31)(H2,34,35,36)/t16-,21-,22-/m0/s1. The Balaban J connectivity index is 2.11. The second-order valence-corrected chi connectivity index (χ2v) is 9.94. The van der Waals surface area contributed by atoms with Crippen molar-refractivity contribution < 1.29 is 43.2 Å². The number of phosphoric ester groups is 1. The second-order valence-electron chi connectivity index (χ2n) is 8.78. The Hall–Kier alpha value is -3.73. The summed E-state index contributed by atoms with van der Waals surface area (Å²) in [6.07, 6.45) is -0.00879. The minimum atomic E-state index is -4.74. The van der Waals surface area contributed by atoms with Gasteiger partial charge in [-0.25, -0.2) is 4.57 Å². The van der Waals surface area contributed by atoms with Crippen LogP contribution in [0.3, 0.4) is 0 Å². The summed E-state index contributed by atoms with van der Waals surface area (Å²) in [4.78, 5) is 66.8. The maximum Gasteiger partial charge on any atom is 0.524 e. The van der Waals surface area contributed by atoms with E-state index in [-0.39, 0.29) is 31.1 Å². The minimum Gasteiger partial charge on any atom is -0.481 e. The van der Waals surface area contributed by atoms with Gasteiger partial charge in [-0.1, -0.05) is 42.5 Å². The van der Waals surface area contributed by atoms with Crippen LogP contribution in [0.4, 0.5) is 0 Å². The van der Waals surface area contributed by atoms with Gasteiger partial charge in [-0.2, -0.15) is 0 Å². The molecule has 206 valence electrons. The van der Waals surface area contributed by atoms with Gasteiger partial charge in [-0.15, -0.1) is 0 Å². The van der Waals surface area contributed by atoms with Crippen molar-refractivity contribution in [2.45, 2.75) is 57.7 Å². The van der Waals surface area contributed by atoms with Crippen LogP contribution in [0, 0.1) is 0 Å². The molecule has 0 saturated carbocycles. The van der Waals surface area contributed by atoms with E-state index >= 15 is 0 Å². The van der Waals surface area contributed by atoms with Gasteiger partial charge in [0.15, 0.2) is 0 Å². The number of rotatable bonds is 14. The summed E-state index contributed by atoms with van der Waals surface area (Å²) in [7, 11) is -4.74. The molecule has 2 rings (SSSR count). The Morgan fingerprint density at radius 1 is 0.842 bits per heavy atom. The number of amides is 3. The molecule has 0 unspecified atom stereocenters. The van der Waals surface area contributed by atoms with Crippen LogP contribution < -0.4 is 20.5 Å². The first-order valence-electron chi connectivity index (χ1n) is 11.8. The number of benzene rings is 2. The fourth-order valence-electron chi connectivity index (χ4n) is 3.69. The van der Waals surface area contributed by atoms with E-state index in [2.05, 4.69) is 20.5 Å². The third-order valence-electron chi connectivity index (χ3n) is 5.33. The summed E-state index contributed by atoms with van der Waals surface area (Å²) in [6.45, 7) is 3.01. The van der Waals surface area contributed by atoms with Crippen LogP contribution in [0.5, 0.6) is 5.75 Å². The normalized spacial score (nSPS) is 13.5. The quantitative estimate of drug-likeness (QED) is 0.189. The zero-order chi connectivity index (χ0) is 28.3. The van der Waals surface area contributed by atoms with Gasteiger partial charge in [-0.05, 0) is 43.0 Å². The first-order chi connectivity index (χ1) is 17.8. The first-order valence-corrected chi connectivity index (χ1v) is 13.3. The molecular formula is C25H32N3O9P. The Morgan fingerprint density at radius 3 is 1.97 bits per heavy atom. The summed E-state index contributed by atoms with van der Waals surface area (Å²) < 4.78 is 15.5. The molecular weight excluding hydrogens is 517 g/mol. The molecule has 2 aromatic carbocycles. The SMILES string of the molecule is CC(=O)N[C@@H](Cc1ccc(OP(=O)(O)O)cc1)C(=O)N[C@@H](CCC(=O)O)C(=O)N[C@@H](C)Cc1ccccc1. The summed E-state index contributed by atoms with van der Waals surface area (Å²) >= 11 is 0. The third-order valence-corrected chi connectivity index (χ3v) is 5.78. The summed E-state index contributed by atoms with van der Waals surface area (Å²) in [5.74, 6) is -2.97. The largest absolute Gasteiger partial charge is 0.524 e. The van der Waals surface area contributed by atoms with Crippen LogP contribution >= 0.6 is 7.82 Å². The molecule has 0 aliphatic rings. The molecule has 6 N–H and O–H groups in total. The van der Waals surface area contributed by atoms with Crippen molar-refractivity contribution >= 4 is 31.5 Å². The average molecular weight is 550 g/mol. The molecule has 13 heteroatoms. The van der Waals surface area contributed by atoms with Crippen molar-refractivity contribution in [3.8, 4) is 5.75 Å². The minimum absolute atomic E-state index is 0.0146. The molecule has 38 heavy (non-hydrogen) atoms. The predicted molar refractivity (Wildman–Crippen MR) is 137 cm³/mol. The Labute approximate surface area is 220 Å².